The number of fused-ring (bicyclic) bond motifs is 4. The lowest BCUT2D eigenvalue weighted by Gasteiger charge is -2.19. The van der Waals surface area contributed by atoms with E-state index in [1.54, 1.807) is 24.3 Å². The quantitative estimate of drug-likeness (QED) is 0.588. The van der Waals surface area contributed by atoms with E-state index < -0.39 is 7.82 Å². The van der Waals surface area contributed by atoms with Crippen LogP contribution >= 0.6 is 16.6 Å². The Bertz CT molecular complexity index is 898. The molecule has 5 nitrogen and oxygen atoms in total. The van der Waals surface area contributed by atoms with E-state index >= 15 is 0 Å². The van der Waals surface area contributed by atoms with Gasteiger partial charge >= 0.3 is 7.82 Å². The smallest absolute Gasteiger partial charge is 0.472 e. The zero-order valence-corrected chi connectivity index (χ0v) is 14.9. The summed E-state index contributed by atoms with van der Waals surface area (Å²) in [5.41, 5.74) is 2.52. The van der Waals surface area contributed by atoms with Gasteiger partial charge in [0, 0.05) is 10.9 Å². The van der Waals surface area contributed by atoms with Crippen molar-refractivity contribution in [2.75, 3.05) is 0 Å². The Morgan fingerprint density at radius 3 is 1.92 bits per heavy atom. The first-order chi connectivity index (χ1) is 12.1. The monoisotopic (exact) mass is 372 g/mol. The number of hydrogen-bond donors (Lipinski definition) is 1. The SMILES string of the molecule is O=P1(O)Oc2ccccc2O1.c1ccc2c(c1)OPc1ccccc1-2. The highest BCUT2D eigenvalue weighted by atomic mass is 31.2. The fourth-order valence-electron chi connectivity index (χ4n) is 2.56. The molecule has 2 aliphatic rings. The summed E-state index contributed by atoms with van der Waals surface area (Å²) >= 11 is 0. The molecule has 25 heavy (non-hydrogen) atoms. The average Bonchev–Trinajstić information content (AvgIpc) is 2.96. The highest BCUT2D eigenvalue weighted by Crippen LogP contribution is 2.54. The number of phosphoric acid groups is 1. The van der Waals surface area contributed by atoms with Crippen molar-refractivity contribution in [3.05, 3.63) is 72.8 Å². The normalized spacial score (nSPS) is 16.0. The first kappa shape index (κ1) is 16.2. The molecule has 1 unspecified atom stereocenters. The Morgan fingerprint density at radius 2 is 1.24 bits per heavy atom. The van der Waals surface area contributed by atoms with Gasteiger partial charge in [0.15, 0.2) is 11.5 Å². The predicted octanol–water partition coefficient (Wildman–Crippen LogP) is 4.52. The molecule has 1 atom stereocenters. The third-order valence-electron chi connectivity index (χ3n) is 3.65. The summed E-state index contributed by atoms with van der Waals surface area (Å²) in [6.07, 6.45) is 0. The number of rotatable bonds is 0. The Labute approximate surface area is 146 Å². The van der Waals surface area contributed by atoms with E-state index in [1.165, 1.54) is 16.4 Å². The third kappa shape index (κ3) is 3.40. The van der Waals surface area contributed by atoms with Crippen LogP contribution in [0.1, 0.15) is 0 Å². The topological polar surface area (TPSA) is 65.0 Å². The van der Waals surface area contributed by atoms with Gasteiger partial charge in [0.25, 0.3) is 0 Å². The molecule has 0 bridgehead atoms. The van der Waals surface area contributed by atoms with Gasteiger partial charge in [-0.25, -0.2) is 4.57 Å². The summed E-state index contributed by atoms with van der Waals surface area (Å²) in [6.45, 7) is 0. The molecule has 7 heteroatoms. The minimum atomic E-state index is -3.83. The van der Waals surface area contributed by atoms with E-state index in [1.807, 2.05) is 18.2 Å². The summed E-state index contributed by atoms with van der Waals surface area (Å²) in [7, 11) is -3.39. The molecule has 3 aromatic carbocycles. The summed E-state index contributed by atoms with van der Waals surface area (Å²) < 4.78 is 25.6. The molecule has 5 rings (SSSR count). The lowest BCUT2D eigenvalue weighted by atomic mass is 10.0. The zero-order valence-electron chi connectivity index (χ0n) is 13.0. The van der Waals surface area contributed by atoms with Crippen LogP contribution in [0.2, 0.25) is 0 Å². The molecule has 0 saturated heterocycles. The van der Waals surface area contributed by atoms with E-state index in [9.17, 15) is 4.57 Å². The Hall–Kier alpha value is -2.32. The molecule has 0 spiro atoms. The van der Waals surface area contributed by atoms with E-state index in [0.29, 0.717) is 20.3 Å². The second kappa shape index (κ2) is 6.53. The minimum absolute atomic E-state index is 0.318. The fourth-order valence-corrected chi connectivity index (χ4v) is 4.29. The number of para-hydroxylation sites is 3. The molecule has 2 aliphatic heterocycles. The van der Waals surface area contributed by atoms with Gasteiger partial charge in [-0.05, 0) is 23.8 Å². The fraction of sp³-hybridized carbons (Fsp3) is 0. The molecule has 2 heterocycles. The maximum atomic E-state index is 10.8. The van der Waals surface area contributed by atoms with Crippen molar-refractivity contribution in [1.82, 2.24) is 0 Å². The van der Waals surface area contributed by atoms with Gasteiger partial charge in [0.05, 0.1) is 0 Å². The summed E-state index contributed by atoms with van der Waals surface area (Å²) in [5, 5.41) is 1.30. The van der Waals surface area contributed by atoms with Crippen LogP contribution in [-0.4, -0.2) is 4.89 Å². The molecule has 0 aromatic heterocycles. The van der Waals surface area contributed by atoms with Crippen molar-refractivity contribution >= 4 is 21.9 Å². The first-order valence-electron chi connectivity index (χ1n) is 7.55. The van der Waals surface area contributed by atoms with Crippen LogP contribution in [-0.2, 0) is 4.57 Å². The van der Waals surface area contributed by atoms with Crippen LogP contribution in [0.3, 0.4) is 0 Å². The number of benzene rings is 3. The Morgan fingerprint density at radius 1 is 0.720 bits per heavy atom. The zero-order chi connectivity index (χ0) is 17.3. The van der Waals surface area contributed by atoms with Crippen LogP contribution < -0.4 is 18.9 Å². The molecular weight excluding hydrogens is 358 g/mol. The highest BCUT2D eigenvalue weighted by molar-refractivity contribution is 7.48. The molecule has 0 radical (unpaired) electrons. The maximum Gasteiger partial charge on any atom is 0.585 e. The van der Waals surface area contributed by atoms with Crippen molar-refractivity contribution in [1.29, 1.82) is 0 Å². The van der Waals surface area contributed by atoms with Crippen LogP contribution in [0.15, 0.2) is 72.8 Å². The van der Waals surface area contributed by atoms with Crippen molar-refractivity contribution in [2.24, 2.45) is 0 Å². The van der Waals surface area contributed by atoms with Crippen LogP contribution in [0.4, 0.5) is 0 Å². The lowest BCUT2D eigenvalue weighted by Crippen LogP contribution is -2.06. The van der Waals surface area contributed by atoms with Crippen LogP contribution in [0, 0.1) is 0 Å². The molecule has 0 fully saturated rings. The Balaban J connectivity index is 0.000000129. The van der Waals surface area contributed by atoms with Gasteiger partial charge in [-0.1, -0.05) is 54.6 Å². The van der Waals surface area contributed by atoms with E-state index in [2.05, 4.69) is 39.4 Å². The molecule has 0 saturated carbocycles. The van der Waals surface area contributed by atoms with Gasteiger partial charge in [0.1, 0.15) is 14.6 Å². The van der Waals surface area contributed by atoms with Crippen molar-refractivity contribution in [3.63, 3.8) is 0 Å². The molecule has 1 N–H and O–H groups in total. The number of phosphoric ester groups is 1. The molecule has 126 valence electrons. The predicted molar refractivity (Wildman–Crippen MR) is 98.0 cm³/mol. The van der Waals surface area contributed by atoms with Crippen molar-refractivity contribution < 1.29 is 23.0 Å². The van der Waals surface area contributed by atoms with E-state index in [4.69, 9.17) is 9.42 Å². The van der Waals surface area contributed by atoms with E-state index in [0.717, 1.165) is 5.75 Å². The molecule has 0 amide bonds. The average molecular weight is 372 g/mol. The summed E-state index contributed by atoms with van der Waals surface area (Å²) in [5.74, 6) is 1.64. The van der Waals surface area contributed by atoms with Crippen LogP contribution in [0.25, 0.3) is 11.1 Å². The largest absolute Gasteiger partial charge is 0.585 e. The number of hydrogen-bond acceptors (Lipinski definition) is 4. The molecule has 0 aliphatic carbocycles. The molecular formula is C18H14O5P2. The first-order valence-corrected chi connectivity index (χ1v) is 9.95. The Kier molecular flexibility index (Phi) is 4.22. The maximum absolute atomic E-state index is 10.8. The lowest BCUT2D eigenvalue weighted by molar-refractivity contribution is 0.324. The third-order valence-corrected chi connectivity index (χ3v) is 5.48. The summed E-state index contributed by atoms with van der Waals surface area (Å²) in [4.78, 5) is 8.83. The highest BCUT2D eigenvalue weighted by Gasteiger charge is 2.34. The van der Waals surface area contributed by atoms with E-state index in [-0.39, 0.29) is 0 Å². The second-order valence-corrected chi connectivity index (χ2v) is 7.59. The van der Waals surface area contributed by atoms with Gasteiger partial charge in [-0.3, -0.25) is 4.89 Å². The van der Waals surface area contributed by atoms with Crippen LogP contribution in [0.5, 0.6) is 17.2 Å². The van der Waals surface area contributed by atoms with Crippen molar-refractivity contribution in [3.8, 4) is 28.4 Å². The van der Waals surface area contributed by atoms with Gasteiger partial charge < -0.3 is 13.6 Å². The second-order valence-electron chi connectivity index (χ2n) is 5.34. The standard InChI is InChI=1S/C12H9OP.C6H5O4P/c1-3-7-11-9(5-1)10-6-2-4-8-12(10)14-13-11;7-11(8)9-5-3-1-2-4-6(5)10-11/h1-8,14H;1-4H,(H,7,8). The van der Waals surface area contributed by atoms with Gasteiger partial charge in [0.2, 0.25) is 0 Å². The van der Waals surface area contributed by atoms with Gasteiger partial charge in [-0.2, -0.15) is 0 Å². The molecule has 3 aromatic rings. The summed E-state index contributed by atoms with van der Waals surface area (Å²) in [6, 6.07) is 23.2. The minimum Gasteiger partial charge on any atom is -0.472 e. The van der Waals surface area contributed by atoms with Gasteiger partial charge in [-0.15, -0.1) is 0 Å². The van der Waals surface area contributed by atoms with Crippen molar-refractivity contribution in [2.45, 2.75) is 0 Å².